The van der Waals surface area contributed by atoms with Gasteiger partial charge in [0.2, 0.25) is 0 Å². The van der Waals surface area contributed by atoms with E-state index in [1.165, 1.54) is 64.2 Å². The molecule has 0 unspecified atom stereocenters. The number of esters is 1. The maximum Gasteiger partial charge on any atom is 0.302 e. The molecule has 33 heavy (non-hydrogen) atoms. The Balaban J connectivity index is 1.47. The van der Waals surface area contributed by atoms with Gasteiger partial charge in [-0.15, -0.1) is 0 Å². The number of carbonyl (C=O) groups is 1. The second kappa shape index (κ2) is 10.1. The first-order valence-corrected chi connectivity index (χ1v) is 15.5. The van der Waals surface area contributed by atoms with E-state index >= 15 is 0 Å². The van der Waals surface area contributed by atoms with Gasteiger partial charge in [0.1, 0.15) is 6.10 Å². The van der Waals surface area contributed by atoms with Crippen LogP contribution in [0.15, 0.2) is 0 Å². The number of alkyl halides is 1. The molecule has 0 aliphatic heterocycles. The number of halogens is 1. The summed E-state index contributed by atoms with van der Waals surface area (Å²) in [6.45, 7) is 14.2. The first-order chi connectivity index (χ1) is 15.6. The molecule has 4 aliphatic carbocycles. The van der Waals surface area contributed by atoms with Crippen LogP contribution in [0.3, 0.4) is 0 Å². The third-order valence-corrected chi connectivity index (χ3v) is 12.4. The average Bonchev–Trinajstić information content (AvgIpc) is 3.10. The van der Waals surface area contributed by atoms with Crippen molar-refractivity contribution < 1.29 is 9.53 Å². The monoisotopic (exact) mass is 522 g/mol. The minimum absolute atomic E-state index is 0.101. The summed E-state index contributed by atoms with van der Waals surface area (Å²) >= 11 is 3.79. The van der Waals surface area contributed by atoms with Gasteiger partial charge >= 0.3 is 5.97 Å². The number of carbonyl (C=O) groups excluding carboxylic acids is 1. The van der Waals surface area contributed by atoms with Gasteiger partial charge in [0.05, 0.1) is 0 Å². The number of fused-ring (bicyclic) bond motifs is 5. The predicted molar refractivity (Wildman–Crippen MR) is 141 cm³/mol. The quantitative estimate of drug-likeness (QED) is 0.247. The number of ether oxygens (including phenoxy) is 1. The molecule has 0 spiro atoms. The van der Waals surface area contributed by atoms with E-state index in [4.69, 9.17) is 4.74 Å². The Kier molecular flexibility index (Phi) is 7.99. The van der Waals surface area contributed by atoms with Crippen LogP contribution in [0.2, 0.25) is 0 Å². The van der Waals surface area contributed by atoms with Crippen LogP contribution in [0.5, 0.6) is 0 Å². The van der Waals surface area contributed by atoms with Crippen molar-refractivity contribution in [3.8, 4) is 0 Å². The number of hydrogen-bond acceptors (Lipinski definition) is 2. The van der Waals surface area contributed by atoms with E-state index in [-0.39, 0.29) is 12.1 Å². The molecule has 4 fully saturated rings. The highest BCUT2D eigenvalue weighted by Gasteiger charge is 2.61. The highest BCUT2D eigenvalue weighted by atomic mass is 79.9. The molecule has 0 aromatic rings. The Bertz CT molecular complexity index is 691. The molecule has 0 aromatic carbocycles. The molecule has 10 atom stereocenters. The van der Waals surface area contributed by atoms with Gasteiger partial charge in [0.15, 0.2) is 0 Å². The number of hydrogen-bond donors (Lipinski definition) is 0. The fraction of sp³-hybridized carbons (Fsp3) is 0.967. The van der Waals surface area contributed by atoms with Crippen molar-refractivity contribution >= 4 is 21.9 Å². The van der Waals surface area contributed by atoms with Crippen molar-refractivity contribution in [2.24, 2.45) is 58.2 Å². The lowest BCUT2D eigenvalue weighted by Crippen LogP contribution is -2.56. The van der Waals surface area contributed by atoms with Crippen LogP contribution in [0.25, 0.3) is 0 Å². The van der Waals surface area contributed by atoms with Gasteiger partial charge in [0.25, 0.3) is 0 Å². The lowest BCUT2D eigenvalue weighted by molar-refractivity contribution is -0.169. The van der Waals surface area contributed by atoms with Crippen molar-refractivity contribution in [1.29, 1.82) is 0 Å². The molecule has 0 saturated heterocycles. The summed E-state index contributed by atoms with van der Waals surface area (Å²) in [5, 5.41) is 0.960. The Morgan fingerprint density at radius 2 is 1.73 bits per heavy atom. The Morgan fingerprint density at radius 1 is 1.00 bits per heavy atom. The average molecular weight is 524 g/mol. The smallest absolute Gasteiger partial charge is 0.302 e. The second-order valence-corrected chi connectivity index (χ2v) is 14.3. The summed E-state index contributed by atoms with van der Waals surface area (Å²) in [4.78, 5) is 11.7. The van der Waals surface area contributed by atoms with Crippen molar-refractivity contribution in [2.75, 3.05) is 5.33 Å². The Labute approximate surface area is 212 Å². The zero-order valence-corrected chi connectivity index (χ0v) is 24.0. The van der Waals surface area contributed by atoms with Gasteiger partial charge in [-0.3, -0.25) is 4.79 Å². The highest BCUT2D eigenvalue weighted by Crippen LogP contribution is 2.69. The SMILES string of the molecule is CC(=O)O[C@H]1C[C@@H]2CC[C@@H]3[C@H](CC[C@]4(C)[C@@H]([C@H](C)CCCC(C)C)CC[C@@H]34)[C@@]2(C)C[C@H]1CBr. The molecule has 0 radical (unpaired) electrons. The summed E-state index contributed by atoms with van der Waals surface area (Å²) in [7, 11) is 0. The Morgan fingerprint density at radius 3 is 2.39 bits per heavy atom. The second-order valence-electron chi connectivity index (χ2n) is 13.7. The number of rotatable bonds is 7. The van der Waals surface area contributed by atoms with Gasteiger partial charge in [-0.05, 0) is 104 Å². The van der Waals surface area contributed by atoms with Crippen molar-refractivity contribution in [1.82, 2.24) is 0 Å². The van der Waals surface area contributed by atoms with Gasteiger partial charge < -0.3 is 4.74 Å². The van der Waals surface area contributed by atoms with Crippen LogP contribution in [-0.4, -0.2) is 17.4 Å². The lowest BCUT2D eigenvalue weighted by Gasteiger charge is -2.62. The van der Waals surface area contributed by atoms with Crippen LogP contribution >= 0.6 is 15.9 Å². The summed E-state index contributed by atoms with van der Waals surface area (Å²) in [5.41, 5.74) is 1.01. The molecule has 190 valence electrons. The van der Waals surface area contributed by atoms with Gasteiger partial charge in [-0.1, -0.05) is 69.8 Å². The molecule has 0 aromatic heterocycles. The van der Waals surface area contributed by atoms with E-state index < -0.39 is 0 Å². The van der Waals surface area contributed by atoms with Crippen LogP contribution in [0.4, 0.5) is 0 Å². The van der Waals surface area contributed by atoms with E-state index in [0.29, 0.717) is 16.7 Å². The third kappa shape index (κ3) is 4.84. The molecule has 0 bridgehead atoms. The van der Waals surface area contributed by atoms with Crippen molar-refractivity contribution in [3.63, 3.8) is 0 Å². The van der Waals surface area contributed by atoms with E-state index in [1.807, 2.05) is 0 Å². The molecule has 2 nitrogen and oxygen atoms in total. The summed E-state index contributed by atoms with van der Waals surface area (Å²) < 4.78 is 5.83. The zero-order valence-electron chi connectivity index (χ0n) is 22.4. The van der Waals surface area contributed by atoms with Crippen LogP contribution in [0.1, 0.15) is 112 Å². The summed E-state index contributed by atoms with van der Waals surface area (Å²) in [6.07, 6.45) is 15.3. The fourth-order valence-corrected chi connectivity index (χ4v) is 10.6. The topological polar surface area (TPSA) is 26.3 Å². The highest BCUT2D eigenvalue weighted by molar-refractivity contribution is 9.09. The van der Waals surface area contributed by atoms with Crippen molar-refractivity contribution in [3.05, 3.63) is 0 Å². The largest absolute Gasteiger partial charge is 0.462 e. The van der Waals surface area contributed by atoms with Gasteiger partial charge in [-0.25, -0.2) is 0 Å². The maximum absolute atomic E-state index is 11.7. The van der Waals surface area contributed by atoms with E-state index in [9.17, 15) is 4.79 Å². The van der Waals surface area contributed by atoms with Crippen molar-refractivity contribution in [2.45, 2.75) is 118 Å². The minimum atomic E-state index is -0.101. The first-order valence-electron chi connectivity index (χ1n) is 14.3. The molecule has 4 aliphatic rings. The molecular formula is C30H51BrO2. The van der Waals surface area contributed by atoms with E-state index in [1.54, 1.807) is 6.92 Å². The fourth-order valence-electron chi connectivity index (χ4n) is 9.95. The molecule has 4 rings (SSSR count). The Hall–Kier alpha value is -0.0500. The predicted octanol–water partition coefficient (Wildman–Crippen LogP) is 8.66. The van der Waals surface area contributed by atoms with E-state index in [2.05, 4.69) is 50.5 Å². The molecule has 0 amide bonds. The summed E-state index contributed by atoms with van der Waals surface area (Å²) in [5.74, 6) is 6.53. The maximum atomic E-state index is 11.7. The standard InChI is InChI=1S/C30H51BrO2/c1-19(2)8-7-9-20(3)25-12-13-26-24-11-10-23-16-28(33-21(4)32)22(18-31)17-30(23,6)27(24)14-15-29(25,26)5/h19-20,22-28H,7-18H2,1-6H3/t20-,22+,23+,24+,25-,26+,27+,28+,29-,30+/m1/s1. The summed E-state index contributed by atoms with van der Waals surface area (Å²) in [6, 6.07) is 0. The van der Waals surface area contributed by atoms with Gasteiger partial charge in [0, 0.05) is 18.2 Å². The van der Waals surface area contributed by atoms with Crippen LogP contribution in [-0.2, 0) is 9.53 Å². The lowest BCUT2D eigenvalue weighted by atomic mass is 9.43. The molecular weight excluding hydrogens is 472 g/mol. The molecule has 4 saturated carbocycles. The minimum Gasteiger partial charge on any atom is -0.462 e. The third-order valence-electron chi connectivity index (χ3n) is 11.5. The molecule has 0 heterocycles. The van der Waals surface area contributed by atoms with Gasteiger partial charge in [-0.2, -0.15) is 0 Å². The zero-order chi connectivity index (χ0) is 24.0. The van der Waals surface area contributed by atoms with Crippen LogP contribution < -0.4 is 0 Å². The van der Waals surface area contributed by atoms with E-state index in [0.717, 1.165) is 53.2 Å². The molecule has 0 N–H and O–H groups in total. The van der Waals surface area contributed by atoms with Crippen LogP contribution in [0, 0.1) is 58.2 Å². The normalized spacial score (nSPS) is 45.8. The molecule has 3 heteroatoms. The first kappa shape index (κ1) is 26.0.